The molecular formula is C21H30FN5OS. The quantitative estimate of drug-likeness (QED) is 0.511. The second-order valence-electron chi connectivity index (χ2n) is 7.13. The summed E-state index contributed by atoms with van der Waals surface area (Å²) >= 11 is 1.73. The molecule has 2 aromatic rings. The molecule has 2 unspecified atom stereocenters. The molecule has 0 saturated carbocycles. The minimum Gasteiger partial charge on any atom is -0.368 e. The van der Waals surface area contributed by atoms with Gasteiger partial charge in [0.1, 0.15) is 18.0 Å². The molecule has 0 aliphatic rings. The Kier molecular flexibility index (Phi) is 8.85. The van der Waals surface area contributed by atoms with Gasteiger partial charge in [0.2, 0.25) is 5.91 Å². The van der Waals surface area contributed by atoms with Crippen LogP contribution in [0.1, 0.15) is 48.3 Å². The Morgan fingerprint density at radius 1 is 1.21 bits per heavy atom. The summed E-state index contributed by atoms with van der Waals surface area (Å²) < 4.78 is 13.2. The number of nitrogens with zero attached hydrogens (tertiary/aromatic N) is 2. The molecule has 29 heavy (non-hydrogen) atoms. The van der Waals surface area contributed by atoms with Crippen LogP contribution in [0, 0.1) is 12.7 Å². The van der Waals surface area contributed by atoms with E-state index >= 15 is 0 Å². The first-order chi connectivity index (χ1) is 13.8. The summed E-state index contributed by atoms with van der Waals surface area (Å²) in [5.74, 6) is -0.0659. The van der Waals surface area contributed by atoms with Crippen LogP contribution in [0.15, 0.2) is 30.6 Å². The van der Waals surface area contributed by atoms with E-state index in [-0.39, 0.29) is 23.0 Å². The van der Waals surface area contributed by atoms with Crippen molar-refractivity contribution in [3.05, 3.63) is 53.2 Å². The van der Waals surface area contributed by atoms with Crippen LogP contribution < -0.4 is 16.4 Å². The van der Waals surface area contributed by atoms with Gasteiger partial charge in [-0.3, -0.25) is 4.79 Å². The number of rotatable bonds is 10. The largest absolute Gasteiger partial charge is 0.368 e. The lowest BCUT2D eigenvalue weighted by Gasteiger charge is -2.20. The van der Waals surface area contributed by atoms with E-state index in [2.05, 4.69) is 33.8 Å². The highest BCUT2D eigenvalue weighted by Gasteiger charge is 2.22. The third-order valence-electron chi connectivity index (χ3n) is 4.76. The van der Waals surface area contributed by atoms with Crippen molar-refractivity contribution in [1.82, 2.24) is 15.3 Å². The third kappa shape index (κ3) is 6.68. The lowest BCUT2D eigenvalue weighted by molar-refractivity contribution is -0.122. The third-order valence-corrected chi connectivity index (χ3v) is 5.70. The monoisotopic (exact) mass is 419 g/mol. The zero-order valence-electron chi connectivity index (χ0n) is 17.4. The van der Waals surface area contributed by atoms with Gasteiger partial charge in [-0.05, 0) is 51.1 Å². The predicted molar refractivity (Wildman–Crippen MR) is 118 cm³/mol. The highest BCUT2D eigenvalue weighted by molar-refractivity contribution is 7.98. The number of nitrogens with two attached hydrogens (primary N) is 1. The number of aryl methyl sites for hydroxylation is 1. The lowest BCUT2D eigenvalue weighted by Crippen LogP contribution is -2.35. The maximum absolute atomic E-state index is 13.2. The van der Waals surface area contributed by atoms with E-state index < -0.39 is 5.92 Å². The fourth-order valence-corrected chi connectivity index (χ4v) is 3.70. The molecule has 1 amide bonds. The van der Waals surface area contributed by atoms with Crippen molar-refractivity contribution in [2.24, 2.45) is 5.73 Å². The van der Waals surface area contributed by atoms with Crippen LogP contribution in [0.25, 0.3) is 0 Å². The predicted octanol–water partition coefficient (Wildman–Crippen LogP) is 3.40. The van der Waals surface area contributed by atoms with E-state index in [1.165, 1.54) is 12.1 Å². The summed E-state index contributed by atoms with van der Waals surface area (Å²) in [7, 11) is 0. The van der Waals surface area contributed by atoms with Crippen LogP contribution in [-0.2, 0) is 4.79 Å². The summed E-state index contributed by atoms with van der Waals surface area (Å²) in [5.41, 5.74) is 8.70. The Labute approximate surface area is 176 Å². The van der Waals surface area contributed by atoms with Gasteiger partial charge in [-0.25, -0.2) is 14.4 Å². The molecule has 6 nitrogen and oxygen atoms in total. The molecule has 0 aliphatic carbocycles. The van der Waals surface area contributed by atoms with Crippen molar-refractivity contribution in [3.8, 4) is 0 Å². The number of anilines is 1. The SMILES string of the molecule is CS[C@H](C)c1c(C)ncnc1NCCNC(=O)C(CC(C)N)c1ccc(F)cc1. The van der Waals surface area contributed by atoms with E-state index in [1.54, 1.807) is 30.2 Å². The zero-order valence-corrected chi connectivity index (χ0v) is 18.2. The molecule has 1 aromatic heterocycles. The smallest absolute Gasteiger partial charge is 0.227 e. The summed E-state index contributed by atoms with van der Waals surface area (Å²) in [6.45, 7) is 6.91. The van der Waals surface area contributed by atoms with Gasteiger partial charge in [0.25, 0.3) is 0 Å². The molecule has 4 N–H and O–H groups in total. The highest BCUT2D eigenvalue weighted by atomic mass is 32.2. The van der Waals surface area contributed by atoms with Crippen molar-refractivity contribution < 1.29 is 9.18 Å². The number of hydrogen-bond donors (Lipinski definition) is 3. The van der Waals surface area contributed by atoms with Gasteiger partial charge in [-0.2, -0.15) is 11.8 Å². The van der Waals surface area contributed by atoms with Crippen molar-refractivity contribution >= 4 is 23.5 Å². The summed E-state index contributed by atoms with van der Waals surface area (Å²) in [6, 6.07) is 5.86. The molecule has 0 spiro atoms. The maximum Gasteiger partial charge on any atom is 0.227 e. The molecule has 8 heteroatoms. The fraction of sp³-hybridized carbons (Fsp3) is 0.476. The van der Waals surface area contributed by atoms with Crippen molar-refractivity contribution in [2.45, 2.75) is 44.4 Å². The first-order valence-corrected chi connectivity index (χ1v) is 11.0. The number of amides is 1. The second kappa shape index (κ2) is 11.1. The standard InChI is InChI=1S/C21H30FN5OS/c1-13(23)11-18(16-5-7-17(22)8-6-16)21(28)25-10-9-24-20-19(15(3)29-4)14(2)26-12-27-20/h5-8,12-13,15,18H,9-11,23H2,1-4H3,(H,25,28)(H,24,26,27)/t13?,15-,18?/m1/s1. The number of hydrogen-bond acceptors (Lipinski definition) is 6. The van der Waals surface area contributed by atoms with Crippen molar-refractivity contribution in [2.75, 3.05) is 24.7 Å². The Bertz CT molecular complexity index is 800. The molecule has 1 heterocycles. The molecule has 0 fully saturated rings. The first kappa shape index (κ1) is 23.1. The number of benzene rings is 1. The number of nitrogens with one attached hydrogen (secondary N) is 2. The molecule has 0 saturated heterocycles. The molecule has 1 aromatic carbocycles. The van der Waals surface area contributed by atoms with Gasteiger partial charge >= 0.3 is 0 Å². The van der Waals surface area contributed by atoms with Crippen LogP contribution in [0.2, 0.25) is 0 Å². The van der Waals surface area contributed by atoms with Gasteiger partial charge in [0.05, 0.1) is 5.92 Å². The minimum atomic E-state index is -0.413. The zero-order chi connectivity index (χ0) is 21.4. The van der Waals surface area contributed by atoms with E-state index in [1.807, 2.05) is 13.8 Å². The summed E-state index contributed by atoms with van der Waals surface area (Å²) in [5, 5.41) is 6.51. The van der Waals surface area contributed by atoms with Crippen LogP contribution >= 0.6 is 11.8 Å². The molecule has 2 rings (SSSR count). The van der Waals surface area contributed by atoms with Crippen LogP contribution in [-0.4, -0.2) is 41.3 Å². The average Bonchev–Trinajstić information content (AvgIpc) is 2.69. The number of carbonyl (C=O) groups excluding carboxylic acids is 1. The Hall–Kier alpha value is -2.19. The lowest BCUT2D eigenvalue weighted by atomic mass is 9.92. The normalized spacial score (nSPS) is 14.1. The highest BCUT2D eigenvalue weighted by Crippen LogP contribution is 2.31. The number of halogens is 1. The van der Waals surface area contributed by atoms with Gasteiger partial charge < -0.3 is 16.4 Å². The topological polar surface area (TPSA) is 92.9 Å². The number of carbonyl (C=O) groups is 1. The van der Waals surface area contributed by atoms with Gasteiger partial charge in [0.15, 0.2) is 0 Å². The van der Waals surface area contributed by atoms with E-state index in [0.29, 0.717) is 19.5 Å². The number of aromatic nitrogens is 2. The average molecular weight is 420 g/mol. The molecule has 0 aliphatic heterocycles. The van der Waals surface area contributed by atoms with Crippen molar-refractivity contribution in [3.63, 3.8) is 0 Å². The number of thioether (sulfide) groups is 1. The Morgan fingerprint density at radius 3 is 2.52 bits per heavy atom. The minimum absolute atomic E-state index is 0.118. The van der Waals surface area contributed by atoms with E-state index in [0.717, 1.165) is 22.6 Å². The van der Waals surface area contributed by atoms with E-state index in [9.17, 15) is 9.18 Å². The molecule has 3 atom stereocenters. The fourth-order valence-electron chi connectivity index (χ4n) is 3.18. The van der Waals surface area contributed by atoms with E-state index in [4.69, 9.17) is 5.73 Å². The first-order valence-electron chi connectivity index (χ1n) is 9.70. The Morgan fingerprint density at radius 2 is 1.90 bits per heavy atom. The maximum atomic E-state index is 13.2. The Balaban J connectivity index is 1.97. The van der Waals surface area contributed by atoms with Crippen LogP contribution in [0.5, 0.6) is 0 Å². The van der Waals surface area contributed by atoms with Crippen molar-refractivity contribution in [1.29, 1.82) is 0 Å². The molecule has 0 radical (unpaired) electrons. The van der Waals surface area contributed by atoms with Crippen LogP contribution in [0.3, 0.4) is 0 Å². The van der Waals surface area contributed by atoms with Gasteiger partial charge in [-0.15, -0.1) is 0 Å². The second-order valence-corrected chi connectivity index (χ2v) is 8.31. The summed E-state index contributed by atoms with van der Waals surface area (Å²) in [4.78, 5) is 21.4. The van der Waals surface area contributed by atoms with Gasteiger partial charge in [0, 0.05) is 35.6 Å². The molecular weight excluding hydrogens is 389 g/mol. The van der Waals surface area contributed by atoms with Crippen LogP contribution in [0.4, 0.5) is 10.2 Å². The van der Waals surface area contributed by atoms with Gasteiger partial charge in [-0.1, -0.05) is 12.1 Å². The molecule has 0 bridgehead atoms. The molecule has 158 valence electrons. The summed E-state index contributed by atoms with van der Waals surface area (Å²) in [6.07, 6.45) is 4.08.